The van der Waals surface area contributed by atoms with Gasteiger partial charge in [-0.1, -0.05) is 18.2 Å². The molecule has 0 spiro atoms. The van der Waals surface area contributed by atoms with Gasteiger partial charge in [-0.3, -0.25) is 4.79 Å². The van der Waals surface area contributed by atoms with Crippen LogP contribution in [0.15, 0.2) is 48.5 Å². The predicted molar refractivity (Wildman–Crippen MR) is 82.9 cm³/mol. The van der Waals surface area contributed by atoms with Crippen molar-refractivity contribution >= 4 is 5.91 Å². The van der Waals surface area contributed by atoms with Crippen molar-refractivity contribution in [1.82, 2.24) is 25.5 Å². The van der Waals surface area contributed by atoms with Crippen LogP contribution in [0.25, 0.3) is 5.69 Å². The van der Waals surface area contributed by atoms with Crippen LogP contribution in [0.4, 0.5) is 8.78 Å². The van der Waals surface area contributed by atoms with Crippen LogP contribution in [0.3, 0.4) is 0 Å². The molecule has 0 aliphatic carbocycles. The fourth-order valence-electron chi connectivity index (χ4n) is 2.03. The molecule has 0 radical (unpaired) electrons. The summed E-state index contributed by atoms with van der Waals surface area (Å²) in [6.07, 6.45) is 0. The summed E-state index contributed by atoms with van der Waals surface area (Å²) in [7, 11) is 0. The number of para-hydroxylation sites is 1. The summed E-state index contributed by atoms with van der Waals surface area (Å²) in [4.78, 5) is 11.8. The second-order valence-corrected chi connectivity index (χ2v) is 4.98. The average molecular weight is 345 g/mol. The Morgan fingerprint density at radius 3 is 2.68 bits per heavy atom. The van der Waals surface area contributed by atoms with Crippen LogP contribution in [0.1, 0.15) is 5.82 Å². The van der Waals surface area contributed by atoms with Crippen molar-refractivity contribution < 1.29 is 18.3 Å². The van der Waals surface area contributed by atoms with E-state index in [1.165, 1.54) is 10.7 Å². The van der Waals surface area contributed by atoms with Crippen LogP contribution in [0.2, 0.25) is 0 Å². The number of carbonyl (C=O) groups excluding carboxylic acids is 1. The Morgan fingerprint density at radius 1 is 1.12 bits per heavy atom. The third kappa shape index (κ3) is 4.14. The quantitative estimate of drug-likeness (QED) is 0.734. The number of aromatic nitrogens is 4. The smallest absolute Gasteiger partial charge is 0.258 e. The summed E-state index contributed by atoms with van der Waals surface area (Å²) in [5.74, 6) is -1.52. The van der Waals surface area contributed by atoms with Gasteiger partial charge in [0.2, 0.25) is 0 Å². The molecule has 128 valence electrons. The van der Waals surface area contributed by atoms with Crippen LogP contribution in [0, 0.1) is 11.6 Å². The number of benzene rings is 2. The zero-order valence-corrected chi connectivity index (χ0v) is 12.9. The van der Waals surface area contributed by atoms with Crippen LogP contribution in [-0.4, -0.2) is 32.7 Å². The van der Waals surface area contributed by atoms with Gasteiger partial charge in [0, 0.05) is 6.07 Å². The second kappa shape index (κ2) is 7.47. The largest absolute Gasteiger partial charge is 0.484 e. The topological polar surface area (TPSA) is 81.9 Å². The molecular weight excluding hydrogens is 332 g/mol. The first kappa shape index (κ1) is 16.5. The highest BCUT2D eigenvalue weighted by molar-refractivity contribution is 5.77. The molecule has 0 fully saturated rings. The van der Waals surface area contributed by atoms with Crippen LogP contribution in [0.5, 0.6) is 5.75 Å². The van der Waals surface area contributed by atoms with Gasteiger partial charge in [0.05, 0.1) is 12.2 Å². The number of halogens is 2. The molecule has 1 aromatic heterocycles. The molecule has 7 nitrogen and oxygen atoms in total. The van der Waals surface area contributed by atoms with E-state index in [4.69, 9.17) is 4.74 Å². The van der Waals surface area contributed by atoms with E-state index >= 15 is 0 Å². The third-order valence-electron chi connectivity index (χ3n) is 3.24. The van der Waals surface area contributed by atoms with Crippen molar-refractivity contribution in [3.8, 4) is 11.4 Å². The number of carbonyl (C=O) groups is 1. The van der Waals surface area contributed by atoms with Gasteiger partial charge in [-0.15, -0.1) is 5.10 Å². The second-order valence-electron chi connectivity index (χ2n) is 4.98. The fraction of sp³-hybridized carbons (Fsp3) is 0.125. The van der Waals surface area contributed by atoms with E-state index in [9.17, 15) is 13.6 Å². The van der Waals surface area contributed by atoms with Crippen molar-refractivity contribution in [2.75, 3.05) is 6.61 Å². The minimum atomic E-state index is -1.01. The van der Waals surface area contributed by atoms with Crippen molar-refractivity contribution in [1.29, 1.82) is 0 Å². The molecule has 0 saturated heterocycles. The SMILES string of the molecule is O=C(COc1ccccc1)NCc1nnnn1-c1ccc(F)c(F)c1. The Balaban J connectivity index is 1.59. The molecule has 0 atom stereocenters. The first-order chi connectivity index (χ1) is 12.1. The van der Waals surface area contributed by atoms with Gasteiger partial charge in [-0.2, -0.15) is 4.68 Å². The highest BCUT2D eigenvalue weighted by Gasteiger charge is 2.12. The number of nitrogens with zero attached hydrogens (tertiary/aromatic N) is 4. The lowest BCUT2D eigenvalue weighted by Crippen LogP contribution is -2.29. The van der Waals surface area contributed by atoms with Crippen molar-refractivity contribution in [2.24, 2.45) is 0 Å². The van der Waals surface area contributed by atoms with E-state index in [0.717, 1.165) is 12.1 Å². The number of tetrazole rings is 1. The lowest BCUT2D eigenvalue weighted by Gasteiger charge is -2.08. The van der Waals surface area contributed by atoms with Crippen LogP contribution >= 0.6 is 0 Å². The summed E-state index contributed by atoms with van der Waals surface area (Å²) < 4.78 is 32.9. The van der Waals surface area contributed by atoms with E-state index in [1.807, 2.05) is 6.07 Å². The summed E-state index contributed by atoms with van der Waals surface area (Å²) in [5.41, 5.74) is 0.244. The van der Waals surface area contributed by atoms with E-state index in [-0.39, 0.29) is 30.6 Å². The maximum atomic E-state index is 13.3. The first-order valence-corrected chi connectivity index (χ1v) is 7.31. The van der Waals surface area contributed by atoms with E-state index in [0.29, 0.717) is 5.75 Å². The van der Waals surface area contributed by atoms with Gasteiger partial charge in [0.1, 0.15) is 5.75 Å². The predicted octanol–water partition coefficient (Wildman–Crippen LogP) is 1.64. The summed E-state index contributed by atoms with van der Waals surface area (Å²) >= 11 is 0. The Hall–Kier alpha value is -3.36. The zero-order chi connectivity index (χ0) is 17.6. The molecule has 0 unspecified atom stereocenters. The van der Waals surface area contributed by atoms with Crippen LogP contribution in [-0.2, 0) is 11.3 Å². The third-order valence-corrected chi connectivity index (χ3v) is 3.24. The van der Waals surface area contributed by atoms with E-state index in [1.54, 1.807) is 24.3 Å². The molecule has 25 heavy (non-hydrogen) atoms. The molecule has 1 heterocycles. The molecule has 0 saturated carbocycles. The van der Waals surface area contributed by atoms with E-state index in [2.05, 4.69) is 20.8 Å². The molecule has 0 aliphatic heterocycles. The lowest BCUT2D eigenvalue weighted by molar-refractivity contribution is -0.123. The van der Waals surface area contributed by atoms with Crippen LogP contribution < -0.4 is 10.1 Å². The lowest BCUT2D eigenvalue weighted by atomic mass is 10.3. The summed E-state index contributed by atoms with van der Waals surface area (Å²) in [6, 6.07) is 12.2. The van der Waals surface area contributed by atoms with Crippen molar-refractivity contribution in [2.45, 2.75) is 6.54 Å². The van der Waals surface area contributed by atoms with Gasteiger partial charge in [-0.05, 0) is 34.7 Å². The monoisotopic (exact) mass is 345 g/mol. The van der Waals surface area contributed by atoms with Gasteiger partial charge < -0.3 is 10.1 Å². The normalized spacial score (nSPS) is 10.5. The molecule has 1 amide bonds. The number of hydrogen-bond donors (Lipinski definition) is 1. The number of amides is 1. The number of ether oxygens (including phenoxy) is 1. The maximum absolute atomic E-state index is 13.3. The maximum Gasteiger partial charge on any atom is 0.258 e. The molecule has 3 rings (SSSR count). The zero-order valence-electron chi connectivity index (χ0n) is 12.9. The Labute approximate surface area is 141 Å². The highest BCUT2D eigenvalue weighted by Crippen LogP contribution is 2.13. The minimum Gasteiger partial charge on any atom is -0.484 e. The molecule has 3 aromatic rings. The molecule has 2 aromatic carbocycles. The molecular formula is C16H13F2N5O2. The molecule has 0 aliphatic rings. The van der Waals surface area contributed by atoms with Crippen molar-refractivity contribution in [3.63, 3.8) is 0 Å². The number of rotatable bonds is 6. The Bertz CT molecular complexity index is 870. The molecule has 9 heteroatoms. The van der Waals surface area contributed by atoms with Crippen molar-refractivity contribution in [3.05, 3.63) is 66.0 Å². The van der Waals surface area contributed by atoms with E-state index < -0.39 is 11.6 Å². The van der Waals surface area contributed by atoms with Gasteiger partial charge in [0.15, 0.2) is 24.1 Å². The summed E-state index contributed by atoms with van der Waals surface area (Å²) in [6.45, 7) is -0.167. The average Bonchev–Trinajstić information content (AvgIpc) is 3.10. The number of hydrogen-bond acceptors (Lipinski definition) is 5. The first-order valence-electron chi connectivity index (χ1n) is 7.31. The Morgan fingerprint density at radius 2 is 1.92 bits per heavy atom. The standard InChI is InChI=1S/C16H13F2N5O2/c17-13-7-6-11(8-14(13)18)23-15(20-21-22-23)9-19-16(24)10-25-12-4-2-1-3-5-12/h1-8H,9-10H2,(H,19,24). The van der Waals surface area contributed by atoms with Gasteiger partial charge in [-0.25, -0.2) is 8.78 Å². The Kier molecular flexibility index (Phi) is 4.93. The number of nitrogens with one attached hydrogen (secondary N) is 1. The summed E-state index contributed by atoms with van der Waals surface area (Å²) in [5, 5.41) is 13.6. The molecule has 1 N–H and O–H groups in total. The van der Waals surface area contributed by atoms with Gasteiger partial charge in [0.25, 0.3) is 5.91 Å². The highest BCUT2D eigenvalue weighted by atomic mass is 19.2. The molecule has 0 bridgehead atoms. The van der Waals surface area contributed by atoms with Gasteiger partial charge >= 0.3 is 0 Å². The minimum absolute atomic E-state index is 0.00295. The fourth-order valence-corrected chi connectivity index (χ4v) is 2.03.